The van der Waals surface area contributed by atoms with E-state index in [-0.39, 0.29) is 13.2 Å². The summed E-state index contributed by atoms with van der Waals surface area (Å²) in [6.45, 7) is 1.62. The van der Waals surface area contributed by atoms with Gasteiger partial charge in [0.05, 0.1) is 6.54 Å². The van der Waals surface area contributed by atoms with Crippen LogP contribution in [0.25, 0.3) is 0 Å². The number of carbonyl (C=O) groups excluding carboxylic acids is 3. The van der Waals surface area contributed by atoms with Crippen molar-refractivity contribution in [3.63, 3.8) is 0 Å². The zero-order chi connectivity index (χ0) is 14.6. The molecule has 4 amide bonds. The molecule has 1 aliphatic heterocycles. The van der Waals surface area contributed by atoms with Crippen LogP contribution in [0.1, 0.15) is 12.5 Å². The highest BCUT2D eigenvalue weighted by molar-refractivity contribution is 6.07. The van der Waals surface area contributed by atoms with Crippen LogP contribution >= 0.6 is 0 Å². The first-order chi connectivity index (χ1) is 9.49. The monoisotopic (exact) mass is 277 g/mol. The van der Waals surface area contributed by atoms with Crippen LogP contribution in [-0.4, -0.2) is 30.1 Å². The van der Waals surface area contributed by atoms with Gasteiger partial charge >= 0.3 is 12.1 Å². The first kappa shape index (κ1) is 13.9. The molecule has 1 saturated heterocycles. The van der Waals surface area contributed by atoms with E-state index in [9.17, 15) is 14.4 Å². The number of rotatable bonds is 4. The van der Waals surface area contributed by atoms with Crippen LogP contribution in [0.5, 0.6) is 0 Å². The van der Waals surface area contributed by atoms with Crippen molar-refractivity contribution in [3.8, 4) is 0 Å². The Morgan fingerprint density at radius 2 is 2.00 bits per heavy atom. The lowest BCUT2D eigenvalue weighted by Crippen LogP contribution is -2.52. The van der Waals surface area contributed by atoms with Gasteiger partial charge in [-0.1, -0.05) is 30.3 Å². The van der Waals surface area contributed by atoms with Crippen molar-refractivity contribution >= 4 is 18.0 Å². The summed E-state index contributed by atoms with van der Waals surface area (Å²) in [4.78, 5) is 34.1. The van der Waals surface area contributed by atoms with Crippen LogP contribution in [-0.2, 0) is 16.1 Å². The third kappa shape index (κ3) is 3.25. The molecule has 7 nitrogen and oxygen atoms in total. The predicted molar refractivity (Wildman–Crippen MR) is 69.7 cm³/mol. The number of hydrogen-bond donors (Lipinski definition) is 3. The van der Waals surface area contributed by atoms with Gasteiger partial charge in [-0.15, -0.1) is 0 Å². The van der Waals surface area contributed by atoms with E-state index in [1.54, 1.807) is 0 Å². The second-order valence-corrected chi connectivity index (χ2v) is 4.66. The molecule has 0 aliphatic carbocycles. The molecule has 7 heteroatoms. The number of alkyl carbamates (subject to hydrolysis) is 1. The molecular formula is C13H15N3O4. The maximum atomic E-state index is 11.5. The van der Waals surface area contributed by atoms with Crippen molar-refractivity contribution in [3.05, 3.63) is 35.9 Å². The molecule has 1 aromatic rings. The molecule has 3 N–H and O–H groups in total. The number of nitrogens with one attached hydrogen (secondary N) is 3. The summed E-state index contributed by atoms with van der Waals surface area (Å²) in [7, 11) is 0. The van der Waals surface area contributed by atoms with Crippen molar-refractivity contribution in [1.29, 1.82) is 0 Å². The van der Waals surface area contributed by atoms with Crippen molar-refractivity contribution < 1.29 is 19.1 Å². The Bertz CT molecular complexity index is 532. The number of urea groups is 1. The van der Waals surface area contributed by atoms with E-state index < -0.39 is 23.6 Å². The molecule has 0 bridgehead atoms. The minimum absolute atomic E-state index is 0.0435. The predicted octanol–water partition coefficient (Wildman–Crippen LogP) is 0.511. The minimum Gasteiger partial charge on any atom is -0.445 e. The molecule has 0 aromatic heterocycles. The van der Waals surface area contributed by atoms with Gasteiger partial charge in [-0.2, -0.15) is 0 Å². The average Bonchev–Trinajstić information content (AvgIpc) is 2.69. The SMILES string of the molecule is C[C@]1(CNC(=O)OCc2ccccc2)NC(=O)NC1=O. The number of imide groups is 1. The van der Waals surface area contributed by atoms with Crippen molar-refractivity contribution in [1.82, 2.24) is 16.0 Å². The minimum atomic E-state index is -1.15. The Labute approximate surface area is 115 Å². The third-order valence-corrected chi connectivity index (χ3v) is 2.92. The third-order valence-electron chi connectivity index (χ3n) is 2.92. The molecule has 0 saturated carbocycles. The number of ether oxygens (including phenoxy) is 1. The Morgan fingerprint density at radius 1 is 1.30 bits per heavy atom. The van der Waals surface area contributed by atoms with E-state index in [0.717, 1.165) is 5.56 Å². The van der Waals surface area contributed by atoms with Gasteiger partial charge in [0.1, 0.15) is 12.1 Å². The van der Waals surface area contributed by atoms with E-state index in [1.165, 1.54) is 6.92 Å². The summed E-state index contributed by atoms with van der Waals surface area (Å²) in [6.07, 6.45) is -0.649. The molecule has 0 spiro atoms. The van der Waals surface area contributed by atoms with E-state index in [0.29, 0.717) is 0 Å². The Kier molecular flexibility index (Phi) is 3.88. The van der Waals surface area contributed by atoms with E-state index >= 15 is 0 Å². The molecule has 0 radical (unpaired) electrons. The van der Waals surface area contributed by atoms with Crippen molar-refractivity contribution in [2.75, 3.05) is 6.54 Å². The molecule has 106 valence electrons. The van der Waals surface area contributed by atoms with Crippen LogP contribution in [0.4, 0.5) is 9.59 Å². The van der Waals surface area contributed by atoms with Gasteiger partial charge in [0.25, 0.3) is 5.91 Å². The van der Waals surface area contributed by atoms with E-state index in [4.69, 9.17) is 4.74 Å². The summed E-state index contributed by atoms with van der Waals surface area (Å²) in [5.41, 5.74) is -0.288. The second kappa shape index (κ2) is 5.60. The molecular weight excluding hydrogens is 262 g/mol. The van der Waals surface area contributed by atoms with Gasteiger partial charge in [0.2, 0.25) is 0 Å². The van der Waals surface area contributed by atoms with E-state index in [2.05, 4.69) is 16.0 Å². The smallest absolute Gasteiger partial charge is 0.407 e. The standard InChI is InChI=1S/C13H15N3O4/c1-13(10(17)15-11(18)16-13)8-14-12(19)20-7-9-5-3-2-4-6-9/h2-6H,7-8H2,1H3,(H,14,19)(H2,15,16,17,18)/t13-/m1/s1. The fraction of sp³-hybridized carbons (Fsp3) is 0.308. The second-order valence-electron chi connectivity index (χ2n) is 4.66. The largest absolute Gasteiger partial charge is 0.445 e. The molecule has 0 unspecified atom stereocenters. The molecule has 1 fully saturated rings. The normalized spacial score (nSPS) is 21.1. The summed E-state index contributed by atoms with van der Waals surface area (Å²) in [5, 5.41) is 7.00. The average molecular weight is 277 g/mol. The summed E-state index contributed by atoms with van der Waals surface area (Å²) < 4.78 is 5.00. The maximum Gasteiger partial charge on any atom is 0.407 e. The van der Waals surface area contributed by atoms with Gasteiger partial charge in [-0.3, -0.25) is 10.1 Å². The van der Waals surface area contributed by atoms with Crippen LogP contribution in [0.3, 0.4) is 0 Å². The van der Waals surface area contributed by atoms with Gasteiger partial charge < -0.3 is 15.4 Å². The number of carbonyl (C=O) groups is 3. The molecule has 1 aromatic carbocycles. The molecule has 1 heterocycles. The van der Waals surface area contributed by atoms with Crippen LogP contribution in [0, 0.1) is 0 Å². The Balaban J connectivity index is 1.78. The van der Waals surface area contributed by atoms with Crippen molar-refractivity contribution in [2.45, 2.75) is 19.1 Å². The van der Waals surface area contributed by atoms with E-state index in [1.807, 2.05) is 30.3 Å². The summed E-state index contributed by atoms with van der Waals surface area (Å²) in [6, 6.07) is 8.65. The topological polar surface area (TPSA) is 96.5 Å². The fourth-order valence-corrected chi connectivity index (χ4v) is 1.73. The number of amides is 4. The lowest BCUT2D eigenvalue weighted by molar-refractivity contribution is -0.123. The van der Waals surface area contributed by atoms with Gasteiger partial charge in [0.15, 0.2) is 0 Å². The molecule has 1 aliphatic rings. The highest BCUT2D eigenvalue weighted by Crippen LogP contribution is 2.08. The maximum absolute atomic E-state index is 11.5. The number of benzene rings is 1. The highest BCUT2D eigenvalue weighted by Gasteiger charge is 2.42. The molecule has 2 rings (SSSR count). The van der Waals surface area contributed by atoms with Gasteiger partial charge in [-0.25, -0.2) is 9.59 Å². The Hall–Kier alpha value is -2.57. The van der Waals surface area contributed by atoms with Gasteiger partial charge in [-0.05, 0) is 12.5 Å². The van der Waals surface area contributed by atoms with Crippen molar-refractivity contribution in [2.24, 2.45) is 0 Å². The molecule has 1 atom stereocenters. The van der Waals surface area contributed by atoms with Crippen LogP contribution in [0.2, 0.25) is 0 Å². The summed E-state index contributed by atoms with van der Waals surface area (Å²) in [5.74, 6) is -0.481. The van der Waals surface area contributed by atoms with Crippen LogP contribution in [0.15, 0.2) is 30.3 Å². The molecule has 20 heavy (non-hydrogen) atoms. The lowest BCUT2D eigenvalue weighted by atomic mass is 10.0. The first-order valence-electron chi connectivity index (χ1n) is 6.08. The van der Waals surface area contributed by atoms with Gasteiger partial charge in [0, 0.05) is 0 Å². The number of hydrogen-bond acceptors (Lipinski definition) is 4. The Morgan fingerprint density at radius 3 is 2.60 bits per heavy atom. The first-order valence-corrected chi connectivity index (χ1v) is 6.08. The lowest BCUT2D eigenvalue weighted by Gasteiger charge is -2.20. The quantitative estimate of drug-likeness (QED) is 0.699. The fourth-order valence-electron chi connectivity index (χ4n) is 1.73. The zero-order valence-electron chi connectivity index (χ0n) is 10.9. The summed E-state index contributed by atoms with van der Waals surface area (Å²) >= 11 is 0. The highest BCUT2D eigenvalue weighted by atomic mass is 16.5. The van der Waals surface area contributed by atoms with Crippen LogP contribution < -0.4 is 16.0 Å². The zero-order valence-corrected chi connectivity index (χ0v) is 10.9.